The third-order valence-electron chi connectivity index (χ3n) is 5.81. The van der Waals surface area contributed by atoms with Crippen molar-refractivity contribution in [2.24, 2.45) is 0 Å². The molecule has 2 amide bonds. The second-order valence-corrected chi connectivity index (χ2v) is 9.25. The molecule has 0 bridgehead atoms. The van der Waals surface area contributed by atoms with Gasteiger partial charge in [0.1, 0.15) is 5.75 Å². The monoisotopic (exact) mass is 457 g/mol. The van der Waals surface area contributed by atoms with Gasteiger partial charge in [-0.3, -0.25) is 9.59 Å². The molecule has 0 saturated carbocycles. The van der Waals surface area contributed by atoms with Crippen molar-refractivity contribution in [3.8, 4) is 5.75 Å². The number of hydrogen-bond acceptors (Lipinski definition) is 5. The molecular weight excluding hydrogens is 434 g/mol. The minimum atomic E-state index is -0.121. The third kappa shape index (κ3) is 4.32. The van der Waals surface area contributed by atoms with Crippen LogP contribution < -0.4 is 15.0 Å². The van der Waals surface area contributed by atoms with Crippen LogP contribution in [-0.4, -0.2) is 30.5 Å². The minimum absolute atomic E-state index is 0.0287. The van der Waals surface area contributed by atoms with Gasteiger partial charge in [-0.25, -0.2) is 4.98 Å². The molecule has 0 fully saturated rings. The molecule has 0 atom stereocenters. The van der Waals surface area contributed by atoms with Gasteiger partial charge in [-0.15, -0.1) is 11.3 Å². The maximum absolute atomic E-state index is 12.7. The molecule has 1 N–H and O–H groups in total. The van der Waals surface area contributed by atoms with E-state index in [-0.39, 0.29) is 24.8 Å². The Morgan fingerprint density at radius 3 is 2.85 bits per heavy atom. The fourth-order valence-corrected chi connectivity index (χ4v) is 5.13. The Labute approximate surface area is 195 Å². The van der Waals surface area contributed by atoms with Crippen LogP contribution in [0.4, 0.5) is 11.4 Å². The van der Waals surface area contributed by atoms with Crippen molar-refractivity contribution >= 4 is 45.3 Å². The summed E-state index contributed by atoms with van der Waals surface area (Å²) < 4.78 is 5.45. The highest BCUT2D eigenvalue weighted by Crippen LogP contribution is 2.34. The van der Waals surface area contributed by atoms with Crippen LogP contribution in [0.2, 0.25) is 0 Å². The van der Waals surface area contributed by atoms with Crippen LogP contribution in [0.25, 0.3) is 10.8 Å². The number of likely N-dealkylation sites (N-methyl/N-ethyl adjacent to an activating group) is 1. The largest absolute Gasteiger partial charge is 0.482 e. The van der Waals surface area contributed by atoms with E-state index in [1.165, 1.54) is 16.3 Å². The smallest absolute Gasteiger partial charge is 0.264 e. The van der Waals surface area contributed by atoms with Crippen molar-refractivity contribution < 1.29 is 14.3 Å². The Kier molecular flexibility index (Phi) is 5.56. The van der Waals surface area contributed by atoms with Crippen LogP contribution in [0.3, 0.4) is 0 Å². The molecule has 166 valence electrons. The molecule has 0 saturated heterocycles. The highest BCUT2D eigenvalue weighted by atomic mass is 32.1. The SMILES string of the molecule is Cc1nc(Cc2cccc3ccccc23)sc1CC(=O)Nc1ccc2c(c1)N(C)C(=O)CO2. The van der Waals surface area contributed by atoms with Crippen LogP contribution in [-0.2, 0) is 22.4 Å². The van der Waals surface area contributed by atoms with Crippen molar-refractivity contribution in [3.63, 3.8) is 0 Å². The number of nitrogens with zero attached hydrogens (tertiary/aromatic N) is 2. The minimum Gasteiger partial charge on any atom is -0.482 e. The fraction of sp³-hybridized carbons (Fsp3) is 0.192. The normalized spacial score (nSPS) is 13.0. The second-order valence-electron chi connectivity index (χ2n) is 8.08. The number of rotatable bonds is 5. The molecule has 1 aromatic heterocycles. The lowest BCUT2D eigenvalue weighted by molar-refractivity contribution is -0.121. The lowest BCUT2D eigenvalue weighted by atomic mass is 10.0. The van der Waals surface area contributed by atoms with E-state index in [9.17, 15) is 9.59 Å². The molecule has 5 rings (SSSR count). The summed E-state index contributed by atoms with van der Waals surface area (Å²) >= 11 is 1.58. The summed E-state index contributed by atoms with van der Waals surface area (Å²) in [5.41, 5.74) is 3.39. The molecule has 6 nitrogen and oxygen atoms in total. The zero-order valence-corrected chi connectivity index (χ0v) is 19.2. The number of amides is 2. The summed E-state index contributed by atoms with van der Waals surface area (Å²) in [4.78, 5) is 31.9. The van der Waals surface area contributed by atoms with E-state index in [2.05, 4.69) is 41.7 Å². The lowest BCUT2D eigenvalue weighted by Crippen LogP contribution is -2.35. The molecule has 0 radical (unpaired) electrons. The number of anilines is 2. The van der Waals surface area contributed by atoms with Crippen molar-refractivity contribution in [1.29, 1.82) is 0 Å². The molecule has 33 heavy (non-hydrogen) atoms. The van der Waals surface area contributed by atoms with Crippen molar-refractivity contribution in [3.05, 3.63) is 81.8 Å². The molecule has 4 aromatic rings. The van der Waals surface area contributed by atoms with Crippen LogP contribution in [0.1, 0.15) is 21.1 Å². The Morgan fingerprint density at radius 2 is 1.97 bits per heavy atom. The van der Waals surface area contributed by atoms with Crippen molar-refractivity contribution in [2.45, 2.75) is 19.8 Å². The molecule has 1 aliphatic heterocycles. The summed E-state index contributed by atoms with van der Waals surface area (Å²) in [6.07, 6.45) is 0.987. The van der Waals surface area contributed by atoms with Gasteiger partial charge in [0, 0.05) is 24.0 Å². The highest BCUT2D eigenvalue weighted by molar-refractivity contribution is 7.11. The van der Waals surface area contributed by atoms with Gasteiger partial charge in [-0.2, -0.15) is 0 Å². The van der Waals surface area contributed by atoms with Gasteiger partial charge in [0.05, 0.1) is 22.8 Å². The van der Waals surface area contributed by atoms with Gasteiger partial charge in [0.25, 0.3) is 5.91 Å². The lowest BCUT2D eigenvalue weighted by Gasteiger charge is -2.26. The van der Waals surface area contributed by atoms with Crippen molar-refractivity contribution in [1.82, 2.24) is 4.98 Å². The Bertz CT molecular complexity index is 1370. The van der Waals surface area contributed by atoms with Crippen LogP contribution in [0, 0.1) is 6.92 Å². The summed E-state index contributed by atoms with van der Waals surface area (Å²) in [5.74, 6) is 0.389. The van der Waals surface area contributed by atoms with Gasteiger partial charge < -0.3 is 15.0 Å². The predicted molar refractivity (Wildman–Crippen MR) is 131 cm³/mol. The van der Waals surface area contributed by atoms with Gasteiger partial charge in [-0.1, -0.05) is 42.5 Å². The number of thiazole rings is 1. The molecule has 7 heteroatoms. The molecule has 1 aliphatic rings. The van der Waals surface area contributed by atoms with E-state index < -0.39 is 0 Å². The van der Waals surface area contributed by atoms with Gasteiger partial charge in [-0.05, 0) is 41.5 Å². The quantitative estimate of drug-likeness (QED) is 0.470. The Morgan fingerprint density at radius 1 is 1.15 bits per heavy atom. The molecule has 0 aliphatic carbocycles. The Balaban J connectivity index is 1.29. The van der Waals surface area contributed by atoms with Crippen LogP contribution in [0.5, 0.6) is 5.75 Å². The summed E-state index contributed by atoms with van der Waals surface area (Å²) in [5, 5.41) is 6.37. The first kappa shape index (κ1) is 21.2. The first-order chi connectivity index (χ1) is 16.0. The first-order valence-electron chi connectivity index (χ1n) is 10.7. The highest BCUT2D eigenvalue weighted by Gasteiger charge is 2.22. The van der Waals surface area contributed by atoms with E-state index in [1.54, 1.807) is 41.5 Å². The van der Waals surface area contributed by atoms with Crippen LogP contribution in [0.15, 0.2) is 60.7 Å². The number of aromatic nitrogens is 1. The first-order valence-corrected chi connectivity index (χ1v) is 11.5. The summed E-state index contributed by atoms with van der Waals surface area (Å²) in [6, 6.07) is 20.0. The fourth-order valence-electron chi connectivity index (χ4n) is 4.04. The number of carbonyl (C=O) groups excluding carboxylic acids is 2. The molecular formula is C26H23N3O3S. The number of nitrogens with one attached hydrogen (secondary N) is 1. The third-order valence-corrected chi connectivity index (χ3v) is 6.97. The molecule has 2 heterocycles. The average molecular weight is 458 g/mol. The number of hydrogen-bond donors (Lipinski definition) is 1. The average Bonchev–Trinajstić information content (AvgIpc) is 3.15. The Hall–Kier alpha value is -3.71. The predicted octanol–water partition coefficient (Wildman–Crippen LogP) is 4.73. The van der Waals surface area contributed by atoms with Gasteiger partial charge in [0.2, 0.25) is 5.91 Å². The molecule has 3 aromatic carbocycles. The number of ether oxygens (including phenoxy) is 1. The van der Waals surface area contributed by atoms with Gasteiger partial charge in [0.15, 0.2) is 6.61 Å². The van der Waals surface area contributed by atoms with Gasteiger partial charge >= 0.3 is 0 Å². The summed E-state index contributed by atoms with van der Waals surface area (Å²) in [6.45, 7) is 1.98. The topological polar surface area (TPSA) is 71.5 Å². The number of aryl methyl sites for hydroxylation is 1. The van der Waals surface area contributed by atoms with Crippen LogP contribution >= 0.6 is 11.3 Å². The standard InChI is InChI=1S/C26H23N3O3S/c1-16-23(33-25(27-16)12-18-8-5-7-17-6-3-4-9-20(17)18)14-24(30)28-19-10-11-22-21(13-19)29(2)26(31)15-32-22/h3-11,13H,12,14-15H2,1-2H3,(H,28,30). The van der Waals surface area contributed by atoms with E-state index in [0.717, 1.165) is 22.0 Å². The van der Waals surface area contributed by atoms with E-state index in [0.29, 0.717) is 17.1 Å². The maximum atomic E-state index is 12.7. The molecule has 0 unspecified atom stereocenters. The number of carbonyl (C=O) groups is 2. The number of benzene rings is 3. The maximum Gasteiger partial charge on any atom is 0.264 e. The van der Waals surface area contributed by atoms with Crippen molar-refractivity contribution in [2.75, 3.05) is 23.9 Å². The molecule has 0 spiro atoms. The summed E-state index contributed by atoms with van der Waals surface area (Å²) in [7, 11) is 1.70. The zero-order chi connectivity index (χ0) is 22.9. The number of fused-ring (bicyclic) bond motifs is 2. The second kappa shape index (κ2) is 8.67. The van der Waals surface area contributed by atoms with E-state index in [4.69, 9.17) is 9.72 Å². The van der Waals surface area contributed by atoms with E-state index in [1.807, 2.05) is 13.0 Å². The zero-order valence-electron chi connectivity index (χ0n) is 18.4. The van der Waals surface area contributed by atoms with E-state index >= 15 is 0 Å².